The predicted molar refractivity (Wildman–Crippen MR) is 116 cm³/mol. The summed E-state index contributed by atoms with van der Waals surface area (Å²) in [6, 6.07) is 19.0. The highest BCUT2D eigenvalue weighted by molar-refractivity contribution is 6.10. The molecule has 33 heavy (non-hydrogen) atoms. The summed E-state index contributed by atoms with van der Waals surface area (Å²) in [5.41, 5.74) is -0.0590. The quantitative estimate of drug-likeness (QED) is 0.231. The second-order valence-corrected chi connectivity index (χ2v) is 6.99. The van der Waals surface area contributed by atoms with E-state index in [2.05, 4.69) is 5.32 Å². The number of aryl methyl sites for hydroxylation is 1. The number of hydrogen-bond donors (Lipinski definition) is 1. The summed E-state index contributed by atoms with van der Waals surface area (Å²) >= 11 is 0. The number of nitriles is 1. The van der Waals surface area contributed by atoms with E-state index in [0.717, 1.165) is 17.7 Å². The van der Waals surface area contributed by atoms with E-state index in [4.69, 9.17) is 4.74 Å². The van der Waals surface area contributed by atoms with Gasteiger partial charge in [0.2, 0.25) is 0 Å². The maximum atomic E-state index is 13.1. The molecule has 0 unspecified atom stereocenters. The molecule has 0 fully saturated rings. The molecule has 0 aromatic heterocycles. The maximum absolute atomic E-state index is 13.1. The van der Waals surface area contributed by atoms with Gasteiger partial charge in [0.1, 0.15) is 17.4 Å². The maximum Gasteiger partial charge on any atom is 0.418 e. The number of rotatable bonds is 5. The van der Waals surface area contributed by atoms with Gasteiger partial charge in [0.15, 0.2) is 0 Å². The van der Waals surface area contributed by atoms with Gasteiger partial charge in [0.05, 0.1) is 16.8 Å². The number of halogens is 3. The minimum atomic E-state index is -4.66. The minimum Gasteiger partial charge on any atom is -0.423 e. The zero-order chi connectivity index (χ0) is 24.0. The van der Waals surface area contributed by atoms with Crippen molar-refractivity contribution in [2.45, 2.75) is 13.1 Å². The number of para-hydroxylation sites is 1. The number of alkyl halides is 3. The number of benzene rings is 3. The van der Waals surface area contributed by atoms with E-state index in [1.165, 1.54) is 42.5 Å². The topological polar surface area (TPSA) is 79.2 Å². The number of anilines is 1. The van der Waals surface area contributed by atoms with E-state index in [-0.39, 0.29) is 5.75 Å². The van der Waals surface area contributed by atoms with Crippen LogP contribution in [-0.2, 0) is 11.0 Å². The molecule has 0 saturated carbocycles. The molecule has 5 nitrogen and oxygen atoms in total. The molecule has 0 spiro atoms. The lowest BCUT2D eigenvalue weighted by atomic mass is 10.1. The zero-order valence-corrected chi connectivity index (χ0v) is 17.3. The second kappa shape index (κ2) is 9.83. The van der Waals surface area contributed by atoms with Crippen LogP contribution >= 0.6 is 0 Å². The number of nitrogens with one attached hydrogen (secondary N) is 1. The second-order valence-electron chi connectivity index (χ2n) is 6.99. The molecule has 166 valence electrons. The predicted octanol–water partition coefficient (Wildman–Crippen LogP) is 5.78. The molecule has 0 atom stereocenters. The average Bonchev–Trinajstić information content (AvgIpc) is 2.78. The van der Waals surface area contributed by atoms with Crippen LogP contribution < -0.4 is 10.1 Å². The highest BCUT2D eigenvalue weighted by Gasteiger charge is 2.33. The molecule has 0 heterocycles. The van der Waals surface area contributed by atoms with Gasteiger partial charge in [-0.2, -0.15) is 18.4 Å². The van der Waals surface area contributed by atoms with Gasteiger partial charge in [-0.25, -0.2) is 4.79 Å². The Morgan fingerprint density at radius 1 is 0.970 bits per heavy atom. The van der Waals surface area contributed by atoms with Gasteiger partial charge in [-0.3, -0.25) is 4.79 Å². The van der Waals surface area contributed by atoms with Crippen LogP contribution in [-0.4, -0.2) is 11.9 Å². The molecule has 3 rings (SSSR count). The third kappa shape index (κ3) is 6.08. The van der Waals surface area contributed by atoms with Crippen LogP contribution in [0.25, 0.3) is 6.08 Å². The number of esters is 1. The SMILES string of the molecule is Cc1ccc(C(=O)Oc2ccc(/C=C(\C#N)C(=O)Nc3ccccc3C(F)(F)F)cc2)cc1. The Hall–Kier alpha value is -4.38. The zero-order valence-electron chi connectivity index (χ0n) is 17.3. The van der Waals surface area contributed by atoms with Crippen molar-refractivity contribution in [3.8, 4) is 11.8 Å². The minimum absolute atomic E-state index is 0.250. The fourth-order valence-electron chi connectivity index (χ4n) is 2.83. The van der Waals surface area contributed by atoms with Crippen molar-refractivity contribution in [2.75, 3.05) is 5.32 Å². The van der Waals surface area contributed by atoms with Crippen molar-refractivity contribution in [3.63, 3.8) is 0 Å². The molecule has 8 heteroatoms. The summed E-state index contributed by atoms with van der Waals surface area (Å²) in [4.78, 5) is 24.6. The van der Waals surface area contributed by atoms with Crippen molar-refractivity contribution in [1.82, 2.24) is 0 Å². The van der Waals surface area contributed by atoms with E-state index in [1.54, 1.807) is 30.3 Å². The molecular formula is C25H17F3N2O3. The van der Waals surface area contributed by atoms with Crippen LogP contribution in [0, 0.1) is 18.3 Å². The van der Waals surface area contributed by atoms with Crippen LogP contribution in [0.5, 0.6) is 5.75 Å². The first-order valence-electron chi connectivity index (χ1n) is 9.65. The lowest BCUT2D eigenvalue weighted by Gasteiger charge is -2.13. The van der Waals surface area contributed by atoms with Gasteiger partial charge in [-0.05, 0) is 55.0 Å². The summed E-state index contributed by atoms with van der Waals surface area (Å²) < 4.78 is 44.6. The molecule has 0 aliphatic rings. The first-order valence-corrected chi connectivity index (χ1v) is 9.65. The van der Waals surface area contributed by atoms with Gasteiger partial charge in [0, 0.05) is 0 Å². The fraction of sp³-hybridized carbons (Fsp3) is 0.0800. The van der Waals surface area contributed by atoms with Crippen LogP contribution in [0.15, 0.2) is 78.4 Å². The number of hydrogen-bond acceptors (Lipinski definition) is 4. The summed E-state index contributed by atoms with van der Waals surface area (Å²) in [6.45, 7) is 1.90. The third-order valence-corrected chi connectivity index (χ3v) is 4.53. The van der Waals surface area contributed by atoms with Crippen molar-refractivity contribution >= 4 is 23.6 Å². The highest BCUT2D eigenvalue weighted by atomic mass is 19.4. The van der Waals surface area contributed by atoms with Crippen LogP contribution in [0.4, 0.5) is 18.9 Å². The molecule has 3 aromatic carbocycles. The molecule has 0 bridgehead atoms. The molecule has 0 saturated heterocycles. The Labute approximate surface area is 187 Å². The first kappa shape index (κ1) is 23.3. The Balaban J connectivity index is 1.73. The van der Waals surface area contributed by atoms with E-state index < -0.39 is 34.9 Å². The van der Waals surface area contributed by atoms with Crippen molar-refractivity contribution < 1.29 is 27.5 Å². The largest absolute Gasteiger partial charge is 0.423 e. The van der Waals surface area contributed by atoms with Gasteiger partial charge in [0.25, 0.3) is 5.91 Å². The monoisotopic (exact) mass is 450 g/mol. The molecule has 0 radical (unpaired) electrons. The van der Waals surface area contributed by atoms with E-state index in [1.807, 2.05) is 6.92 Å². The number of carbonyl (C=O) groups is 2. The number of carbonyl (C=O) groups excluding carboxylic acids is 2. The van der Waals surface area contributed by atoms with Gasteiger partial charge < -0.3 is 10.1 Å². The van der Waals surface area contributed by atoms with Gasteiger partial charge >= 0.3 is 12.1 Å². The van der Waals surface area contributed by atoms with E-state index in [0.29, 0.717) is 11.1 Å². The lowest BCUT2D eigenvalue weighted by molar-refractivity contribution is -0.137. The van der Waals surface area contributed by atoms with Crippen molar-refractivity contribution in [2.24, 2.45) is 0 Å². The third-order valence-electron chi connectivity index (χ3n) is 4.53. The summed E-state index contributed by atoms with van der Waals surface area (Å²) in [6.07, 6.45) is -3.44. The average molecular weight is 450 g/mol. The molecule has 1 N–H and O–H groups in total. The number of amides is 1. The van der Waals surface area contributed by atoms with Crippen LogP contribution in [0.1, 0.15) is 27.0 Å². The summed E-state index contributed by atoms with van der Waals surface area (Å²) in [7, 11) is 0. The molecule has 3 aromatic rings. The standard InChI is InChI=1S/C25H17F3N2O3/c1-16-6-10-18(11-7-16)24(32)33-20-12-8-17(9-13-20)14-19(15-29)23(31)30-22-5-3-2-4-21(22)25(26,27)28/h2-14H,1H3,(H,30,31)/b19-14+. The first-order chi connectivity index (χ1) is 15.7. The highest BCUT2D eigenvalue weighted by Crippen LogP contribution is 2.34. The van der Waals surface area contributed by atoms with E-state index in [9.17, 15) is 28.0 Å². The number of nitrogens with zero attached hydrogens (tertiary/aromatic N) is 1. The summed E-state index contributed by atoms with van der Waals surface area (Å²) in [5, 5.41) is 11.4. The fourth-order valence-corrected chi connectivity index (χ4v) is 2.83. The Morgan fingerprint density at radius 2 is 1.61 bits per heavy atom. The van der Waals surface area contributed by atoms with Gasteiger partial charge in [-0.1, -0.05) is 42.0 Å². The van der Waals surface area contributed by atoms with Crippen LogP contribution in [0.2, 0.25) is 0 Å². The lowest BCUT2D eigenvalue weighted by Crippen LogP contribution is -2.17. The molecule has 1 amide bonds. The molecule has 0 aliphatic heterocycles. The van der Waals surface area contributed by atoms with Gasteiger partial charge in [-0.15, -0.1) is 0 Å². The normalized spacial score (nSPS) is 11.4. The Kier molecular flexibility index (Phi) is 6.94. The van der Waals surface area contributed by atoms with Crippen molar-refractivity contribution in [3.05, 3.63) is 101 Å². The summed E-state index contributed by atoms with van der Waals surface area (Å²) in [5.74, 6) is -1.28. The van der Waals surface area contributed by atoms with E-state index >= 15 is 0 Å². The molecular weight excluding hydrogens is 433 g/mol. The molecule has 0 aliphatic carbocycles. The Bertz CT molecular complexity index is 1240. The smallest absolute Gasteiger partial charge is 0.418 e. The Morgan fingerprint density at radius 3 is 2.21 bits per heavy atom. The van der Waals surface area contributed by atoms with Crippen molar-refractivity contribution in [1.29, 1.82) is 5.26 Å². The number of ether oxygens (including phenoxy) is 1. The van der Waals surface area contributed by atoms with Crippen LogP contribution in [0.3, 0.4) is 0 Å².